The summed E-state index contributed by atoms with van der Waals surface area (Å²) >= 11 is 0. The van der Waals surface area contributed by atoms with Gasteiger partial charge in [-0.3, -0.25) is 4.79 Å². The number of nitrogens with one attached hydrogen (secondary N) is 1. The van der Waals surface area contributed by atoms with Crippen LogP contribution < -0.4 is 19.5 Å². The number of hydrogen-bond acceptors (Lipinski definition) is 7. The summed E-state index contributed by atoms with van der Waals surface area (Å²) in [6.45, 7) is 9.78. The Morgan fingerprint density at radius 2 is 1.78 bits per heavy atom. The Morgan fingerprint density at radius 3 is 2.47 bits per heavy atom. The summed E-state index contributed by atoms with van der Waals surface area (Å²) < 4.78 is 28.5. The molecule has 0 bridgehead atoms. The molecule has 1 aromatic heterocycles. The third kappa shape index (κ3) is 5.35. The van der Waals surface area contributed by atoms with E-state index in [1.165, 1.54) is 0 Å². The molecule has 0 saturated carbocycles. The van der Waals surface area contributed by atoms with Gasteiger partial charge >= 0.3 is 6.09 Å². The van der Waals surface area contributed by atoms with E-state index in [9.17, 15) is 9.59 Å². The van der Waals surface area contributed by atoms with Crippen LogP contribution in [0.2, 0.25) is 0 Å². The molecular formula is C27H32N2O7. The molecule has 2 heterocycles. The van der Waals surface area contributed by atoms with Crippen LogP contribution in [0.4, 0.5) is 10.5 Å². The maximum absolute atomic E-state index is 13.0. The van der Waals surface area contributed by atoms with Gasteiger partial charge in [-0.2, -0.15) is 0 Å². The Labute approximate surface area is 210 Å². The van der Waals surface area contributed by atoms with E-state index in [0.29, 0.717) is 61.4 Å². The van der Waals surface area contributed by atoms with E-state index >= 15 is 0 Å². The largest absolute Gasteiger partial charge is 0.490 e. The van der Waals surface area contributed by atoms with Crippen molar-refractivity contribution in [1.29, 1.82) is 0 Å². The number of benzene rings is 2. The molecule has 9 nitrogen and oxygen atoms in total. The van der Waals surface area contributed by atoms with Gasteiger partial charge in [-0.05, 0) is 64.1 Å². The molecule has 1 aliphatic rings. The number of carbonyl (C=O) groups excluding carboxylic acids is 2. The fraction of sp³-hybridized carbons (Fsp3) is 0.407. The zero-order valence-electron chi connectivity index (χ0n) is 21.1. The topological polar surface area (TPSA) is 99.5 Å². The lowest BCUT2D eigenvalue weighted by Crippen LogP contribution is -2.31. The Kier molecular flexibility index (Phi) is 7.87. The Morgan fingerprint density at radius 1 is 1.03 bits per heavy atom. The average molecular weight is 497 g/mol. The van der Waals surface area contributed by atoms with E-state index < -0.39 is 0 Å². The molecule has 1 saturated heterocycles. The minimum Gasteiger partial charge on any atom is -0.490 e. The van der Waals surface area contributed by atoms with Crippen molar-refractivity contribution in [3.8, 4) is 17.2 Å². The van der Waals surface area contributed by atoms with Crippen molar-refractivity contribution < 1.29 is 33.0 Å². The van der Waals surface area contributed by atoms with E-state index in [1.54, 1.807) is 36.1 Å². The summed E-state index contributed by atoms with van der Waals surface area (Å²) in [7, 11) is 0. The molecule has 9 heteroatoms. The second-order valence-electron chi connectivity index (χ2n) is 8.34. The predicted octanol–water partition coefficient (Wildman–Crippen LogP) is 5.40. The second-order valence-corrected chi connectivity index (χ2v) is 8.34. The standard InChI is InChI=1S/C27H32N2O7/c1-5-32-22-13-12-21-17(4)23(36-24(21)25(22)33-6-2)26(30)28-18-8-10-19(11-9-18)35-20-14-15-29(16-20)27(31)34-7-3/h8-13,20H,5-7,14-16H2,1-4H3,(H,28,30). The summed E-state index contributed by atoms with van der Waals surface area (Å²) in [6, 6.07) is 10.8. The molecular weight excluding hydrogens is 464 g/mol. The minimum absolute atomic E-state index is 0.103. The zero-order valence-corrected chi connectivity index (χ0v) is 21.1. The Hall–Kier alpha value is -3.88. The number of hydrogen-bond donors (Lipinski definition) is 1. The molecule has 1 aliphatic heterocycles. The fourth-order valence-corrected chi connectivity index (χ4v) is 4.21. The van der Waals surface area contributed by atoms with E-state index in [2.05, 4.69) is 5.32 Å². The molecule has 1 unspecified atom stereocenters. The number of rotatable bonds is 9. The monoisotopic (exact) mass is 496 g/mol. The van der Waals surface area contributed by atoms with Crippen LogP contribution in [0.25, 0.3) is 11.0 Å². The highest BCUT2D eigenvalue weighted by molar-refractivity contribution is 6.07. The number of nitrogens with zero attached hydrogens (tertiary/aromatic N) is 1. The van der Waals surface area contributed by atoms with Gasteiger partial charge in [0, 0.05) is 29.6 Å². The molecule has 2 amide bonds. The Bertz CT molecular complexity index is 1220. The third-order valence-electron chi connectivity index (χ3n) is 5.91. The number of anilines is 1. The van der Waals surface area contributed by atoms with Gasteiger partial charge in [0.05, 0.1) is 26.4 Å². The summed E-state index contributed by atoms with van der Waals surface area (Å²) in [5.74, 6) is 1.58. The van der Waals surface area contributed by atoms with Gasteiger partial charge in [0.15, 0.2) is 17.1 Å². The van der Waals surface area contributed by atoms with E-state index in [-0.39, 0.29) is 23.9 Å². The molecule has 36 heavy (non-hydrogen) atoms. The summed E-state index contributed by atoms with van der Waals surface area (Å²) in [6.07, 6.45) is 0.316. The molecule has 0 aliphatic carbocycles. The van der Waals surface area contributed by atoms with Crippen molar-refractivity contribution >= 4 is 28.7 Å². The highest BCUT2D eigenvalue weighted by atomic mass is 16.6. The van der Waals surface area contributed by atoms with Crippen LogP contribution in [0, 0.1) is 6.92 Å². The van der Waals surface area contributed by atoms with Crippen LogP contribution in [-0.4, -0.2) is 55.9 Å². The number of furan rings is 1. The second kappa shape index (κ2) is 11.2. The predicted molar refractivity (Wildman–Crippen MR) is 135 cm³/mol. The van der Waals surface area contributed by atoms with Crippen LogP contribution in [0.3, 0.4) is 0 Å². The number of amides is 2. The van der Waals surface area contributed by atoms with Crippen LogP contribution in [0.15, 0.2) is 40.8 Å². The first-order valence-corrected chi connectivity index (χ1v) is 12.3. The van der Waals surface area contributed by atoms with Gasteiger partial charge in [0.2, 0.25) is 5.75 Å². The number of carbonyl (C=O) groups is 2. The van der Waals surface area contributed by atoms with Crippen molar-refractivity contribution in [2.75, 3.05) is 38.2 Å². The number of ether oxygens (including phenoxy) is 4. The molecule has 192 valence electrons. The van der Waals surface area contributed by atoms with E-state index in [0.717, 1.165) is 17.4 Å². The Balaban J connectivity index is 1.43. The van der Waals surface area contributed by atoms with Crippen molar-refractivity contribution in [2.24, 2.45) is 0 Å². The summed E-state index contributed by atoms with van der Waals surface area (Å²) in [5.41, 5.74) is 1.81. The third-order valence-corrected chi connectivity index (χ3v) is 5.91. The van der Waals surface area contributed by atoms with E-state index in [1.807, 2.05) is 32.9 Å². The van der Waals surface area contributed by atoms with Crippen LogP contribution in [0.5, 0.6) is 17.2 Å². The van der Waals surface area contributed by atoms with Gasteiger partial charge in [0.25, 0.3) is 5.91 Å². The van der Waals surface area contributed by atoms with Gasteiger partial charge in [-0.1, -0.05) is 0 Å². The lowest BCUT2D eigenvalue weighted by atomic mass is 10.1. The molecule has 1 atom stereocenters. The first kappa shape index (κ1) is 25.2. The molecule has 3 aromatic rings. The van der Waals surface area contributed by atoms with Gasteiger partial charge in [-0.25, -0.2) is 4.79 Å². The van der Waals surface area contributed by atoms with Crippen LogP contribution in [0.1, 0.15) is 43.3 Å². The van der Waals surface area contributed by atoms with Crippen molar-refractivity contribution in [3.05, 3.63) is 47.7 Å². The van der Waals surface area contributed by atoms with Crippen LogP contribution >= 0.6 is 0 Å². The summed E-state index contributed by atoms with van der Waals surface area (Å²) in [5, 5.41) is 3.67. The molecule has 1 N–H and O–H groups in total. The first-order valence-electron chi connectivity index (χ1n) is 12.3. The van der Waals surface area contributed by atoms with Crippen LogP contribution in [-0.2, 0) is 4.74 Å². The maximum Gasteiger partial charge on any atom is 0.409 e. The molecule has 0 spiro atoms. The lowest BCUT2D eigenvalue weighted by molar-refractivity contribution is 0.0997. The smallest absolute Gasteiger partial charge is 0.409 e. The highest BCUT2D eigenvalue weighted by Gasteiger charge is 2.28. The number of aryl methyl sites for hydroxylation is 1. The SMILES string of the molecule is CCOC(=O)N1CCC(Oc2ccc(NC(=O)c3oc4c(OCC)c(OCC)ccc4c3C)cc2)C1. The summed E-state index contributed by atoms with van der Waals surface area (Å²) in [4.78, 5) is 26.6. The van der Waals surface area contributed by atoms with Gasteiger partial charge in [0.1, 0.15) is 11.9 Å². The minimum atomic E-state index is -0.362. The average Bonchev–Trinajstić information content (AvgIpc) is 3.47. The quantitative estimate of drug-likeness (QED) is 0.423. The molecule has 2 aromatic carbocycles. The molecule has 1 fully saturated rings. The fourth-order valence-electron chi connectivity index (χ4n) is 4.21. The van der Waals surface area contributed by atoms with Crippen molar-refractivity contribution in [2.45, 2.75) is 40.2 Å². The van der Waals surface area contributed by atoms with Gasteiger partial charge in [-0.15, -0.1) is 0 Å². The van der Waals surface area contributed by atoms with E-state index in [4.69, 9.17) is 23.4 Å². The maximum atomic E-state index is 13.0. The van der Waals surface area contributed by atoms with Gasteiger partial charge < -0.3 is 33.6 Å². The zero-order chi connectivity index (χ0) is 25.7. The van der Waals surface area contributed by atoms with Crippen molar-refractivity contribution in [1.82, 2.24) is 4.90 Å². The first-order chi connectivity index (χ1) is 17.4. The van der Waals surface area contributed by atoms with Crippen molar-refractivity contribution in [3.63, 3.8) is 0 Å². The lowest BCUT2D eigenvalue weighted by Gasteiger charge is -2.16. The molecule has 0 radical (unpaired) electrons. The highest BCUT2D eigenvalue weighted by Crippen LogP contribution is 2.40. The molecule has 4 rings (SSSR count). The normalized spacial score (nSPS) is 15.1. The number of fused-ring (bicyclic) bond motifs is 1. The number of likely N-dealkylation sites (tertiary alicyclic amines) is 1.